The third kappa shape index (κ3) is 4.81. The van der Waals surface area contributed by atoms with Crippen LogP contribution in [0.25, 0.3) is 11.1 Å². The van der Waals surface area contributed by atoms with Gasteiger partial charge in [-0.1, -0.05) is 48.5 Å². The maximum Gasteiger partial charge on any atom is 0.329 e. The van der Waals surface area contributed by atoms with Crippen LogP contribution in [0.4, 0.5) is 5.69 Å². The molecule has 0 aliphatic carbocycles. The smallest absolute Gasteiger partial charge is 0.329 e. The average Bonchev–Trinajstić information content (AvgIpc) is 3.12. The normalized spacial score (nSPS) is 11.7. The van der Waals surface area contributed by atoms with Gasteiger partial charge in [0.15, 0.2) is 0 Å². The zero-order valence-corrected chi connectivity index (χ0v) is 17.9. The van der Waals surface area contributed by atoms with E-state index in [0.29, 0.717) is 11.3 Å². The Labute approximate surface area is 189 Å². The van der Waals surface area contributed by atoms with Crippen LogP contribution in [0, 0.1) is 0 Å². The van der Waals surface area contributed by atoms with Crippen molar-refractivity contribution in [2.75, 3.05) is 12.4 Å². The van der Waals surface area contributed by atoms with Crippen LogP contribution in [0.1, 0.15) is 17.4 Å². The number of nitrogens with zero attached hydrogens (tertiary/aromatic N) is 1. The van der Waals surface area contributed by atoms with Gasteiger partial charge in [-0.15, -0.1) is 0 Å². The Morgan fingerprint density at radius 1 is 1.03 bits per heavy atom. The number of carbonyl (C=O) groups excluding carboxylic acids is 1. The molecule has 1 atom stereocenters. The van der Waals surface area contributed by atoms with Crippen molar-refractivity contribution in [2.45, 2.75) is 12.6 Å². The SMILES string of the molecule is COc1ccc(-c2cccc(C(O)c3[nH]c(=O)n(CC(=O)Nc4ccccc4)c3O)c2)cc1. The molecule has 1 heterocycles. The molecule has 0 saturated heterocycles. The van der Waals surface area contributed by atoms with Gasteiger partial charge < -0.3 is 25.3 Å². The van der Waals surface area contributed by atoms with E-state index >= 15 is 0 Å². The lowest BCUT2D eigenvalue weighted by molar-refractivity contribution is -0.116. The number of para-hydroxylation sites is 1. The quantitative estimate of drug-likeness (QED) is 0.348. The average molecular weight is 445 g/mol. The summed E-state index contributed by atoms with van der Waals surface area (Å²) in [5.41, 5.74) is 2.02. The van der Waals surface area contributed by atoms with Gasteiger partial charge in [-0.05, 0) is 47.0 Å². The molecule has 1 amide bonds. The Morgan fingerprint density at radius 3 is 2.45 bits per heavy atom. The minimum Gasteiger partial charge on any atom is -0.497 e. The highest BCUT2D eigenvalue weighted by Crippen LogP contribution is 2.30. The number of amides is 1. The fourth-order valence-corrected chi connectivity index (χ4v) is 3.52. The van der Waals surface area contributed by atoms with Crippen LogP contribution in [0.2, 0.25) is 0 Å². The van der Waals surface area contributed by atoms with Gasteiger partial charge in [0, 0.05) is 5.69 Å². The third-order valence-corrected chi connectivity index (χ3v) is 5.24. The molecule has 168 valence electrons. The number of anilines is 1. The van der Waals surface area contributed by atoms with Crippen molar-refractivity contribution in [1.29, 1.82) is 0 Å². The van der Waals surface area contributed by atoms with Crippen LogP contribution < -0.4 is 15.7 Å². The summed E-state index contributed by atoms with van der Waals surface area (Å²) in [5.74, 6) is -0.249. The second kappa shape index (κ2) is 9.46. The van der Waals surface area contributed by atoms with Crippen molar-refractivity contribution >= 4 is 11.6 Å². The van der Waals surface area contributed by atoms with Gasteiger partial charge in [0.2, 0.25) is 11.8 Å². The zero-order chi connectivity index (χ0) is 23.4. The lowest BCUT2D eigenvalue weighted by Gasteiger charge is -2.12. The molecule has 0 saturated carbocycles. The number of aromatic nitrogens is 2. The van der Waals surface area contributed by atoms with Gasteiger partial charge in [0.1, 0.15) is 24.1 Å². The molecule has 1 aromatic heterocycles. The lowest BCUT2D eigenvalue weighted by Crippen LogP contribution is -2.25. The molecule has 0 fully saturated rings. The Hall–Kier alpha value is -4.30. The number of nitrogens with one attached hydrogen (secondary N) is 2. The zero-order valence-electron chi connectivity index (χ0n) is 17.9. The number of benzene rings is 3. The summed E-state index contributed by atoms with van der Waals surface area (Å²) >= 11 is 0. The van der Waals surface area contributed by atoms with Gasteiger partial charge in [0.25, 0.3) is 0 Å². The summed E-state index contributed by atoms with van der Waals surface area (Å²) in [6.45, 7) is -0.408. The second-order valence-corrected chi connectivity index (χ2v) is 7.42. The fraction of sp³-hybridized carbons (Fsp3) is 0.120. The lowest BCUT2D eigenvalue weighted by atomic mass is 9.99. The second-order valence-electron chi connectivity index (χ2n) is 7.42. The molecule has 0 radical (unpaired) electrons. The molecule has 1 unspecified atom stereocenters. The molecule has 33 heavy (non-hydrogen) atoms. The van der Waals surface area contributed by atoms with E-state index in [4.69, 9.17) is 4.74 Å². The van der Waals surface area contributed by atoms with Gasteiger partial charge in [-0.2, -0.15) is 0 Å². The first-order chi connectivity index (χ1) is 16.0. The number of aromatic amines is 1. The number of aliphatic hydroxyl groups excluding tert-OH is 1. The van der Waals surface area contributed by atoms with E-state index in [-0.39, 0.29) is 5.69 Å². The fourth-order valence-electron chi connectivity index (χ4n) is 3.52. The van der Waals surface area contributed by atoms with E-state index in [1.807, 2.05) is 36.4 Å². The van der Waals surface area contributed by atoms with Gasteiger partial charge >= 0.3 is 5.69 Å². The van der Waals surface area contributed by atoms with Gasteiger partial charge in [0.05, 0.1) is 7.11 Å². The van der Waals surface area contributed by atoms with Gasteiger partial charge in [-0.3, -0.25) is 9.36 Å². The molecule has 0 bridgehead atoms. The highest BCUT2D eigenvalue weighted by molar-refractivity contribution is 5.90. The first kappa shape index (κ1) is 21.9. The van der Waals surface area contributed by atoms with Crippen LogP contribution >= 0.6 is 0 Å². The van der Waals surface area contributed by atoms with Crippen molar-refractivity contribution in [1.82, 2.24) is 9.55 Å². The number of H-pyrrole nitrogens is 1. The van der Waals surface area contributed by atoms with Gasteiger partial charge in [-0.25, -0.2) is 4.79 Å². The number of aliphatic hydroxyl groups is 1. The van der Waals surface area contributed by atoms with Crippen molar-refractivity contribution in [3.63, 3.8) is 0 Å². The van der Waals surface area contributed by atoms with Crippen LogP contribution in [0.15, 0.2) is 83.7 Å². The highest BCUT2D eigenvalue weighted by atomic mass is 16.5. The Morgan fingerprint density at radius 2 is 1.76 bits per heavy atom. The maximum atomic E-state index is 12.4. The molecular weight excluding hydrogens is 422 g/mol. The predicted octanol–water partition coefficient (Wildman–Crippen LogP) is 3.28. The molecule has 8 heteroatoms. The minimum absolute atomic E-state index is 0.0839. The largest absolute Gasteiger partial charge is 0.497 e. The van der Waals surface area contributed by atoms with Crippen molar-refractivity contribution in [3.05, 3.63) is 101 Å². The summed E-state index contributed by atoms with van der Waals surface area (Å²) < 4.78 is 6.06. The van der Waals surface area contributed by atoms with Crippen LogP contribution in [0.3, 0.4) is 0 Å². The van der Waals surface area contributed by atoms with Crippen LogP contribution in [-0.2, 0) is 11.3 Å². The first-order valence-corrected chi connectivity index (χ1v) is 10.3. The molecular formula is C25H23N3O5. The number of hydrogen-bond donors (Lipinski definition) is 4. The summed E-state index contributed by atoms with van der Waals surface area (Å²) in [7, 11) is 1.59. The molecule has 0 aliphatic heterocycles. The van der Waals surface area contributed by atoms with E-state index in [0.717, 1.165) is 21.4 Å². The summed E-state index contributed by atoms with van der Waals surface area (Å²) in [4.78, 5) is 27.2. The number of hydrogen-bond acceptors (Lipinski definition) is 5. The molecule has 0 spiro atoms. The first-order valence-electron chi connectivity index (χ1n) is 10.3. The minimum atomic E-state index is -1.30. The summed E-state index contributed by atoms with van der Waals surface area (Å²) in [5, 5.41) is 24.1. The Kier molecular flexibility index (Phi) is 6.28. The maximum absolute atomic E-state index is 12.4. The number of rotatable bonds is 7. The predicted molar refractivity (Wildman–Crippen MR) is 124 cm³/mol. The van der Waals surface area contributed by atoms with E-state index in [1.54, 1.807) is 49.6 Å². The summed E-state index contributed by atoms with van der Waals surface area (Å²) in [6.07, 6.45) is -1.30. The number of carbonyl (C=O) groups is 1. The monoisotopic (exact) mass is 445 g/mol. The number of methoxy groups -OCH3 is 1. The molecule has 8 nitrogen and oxygen atoms in total. The highest BCUT2D eigenvalue weighted by Gasteiger charge is 2.23. The van der Waals surface area contributed by atoms with E-state index in [1.165, 1.54) is 0 Å². The van der Waals surface area contributed by atoms with E-state index in [9.17, 15) is 19.8 Å². The number of ether oxygens (including phenoxy) is 1. The summed E-state index contributed by atoms with van der Waals surface area (Å²) in [6, 6.07) is 23.4. The Bertz CT molecular complexity index is 1310. The van der Waals surface area contributed by atoms with E-state index in [2.05, 4.69) is 10.3 Å². The molecule has 4 aromatic rings. The Balaban J connectivity index is 1.56. The van der Waals surface area contributed by atoms with Crippen molar-refractivity contribution in [2.24, 2.45) is 0 Å². The molecule has 4 N–H and O–H groups in total. The third-order valence-electron chi connectivity index (χ3n) is 5.24. The molecule has 0 aliphatic rings. The molecule has 4 rings (SSSR count). The van der Waals surface area contributed by atoms with Crippen molar-refractivity contribution < 1.29 is 19.7 Å². The standard InChI is InChI=1S/C25H23N3O5/c1-33-20-12-10-16(11-13-20)17-6-5-7-18(14-17)23(30)22-24(31)28(25(32)27-22)15-21(29)26-19-8-3-2-4-9-19/h2-14,23,30-31H,15H2,1H3,(H,26,29)(H,27,32). The number of imidazole rings is 1. The number of aromatic hydroxyl groups is 1. The van der Waals surface area contributed by atoms with Crippen LogP contribution in [0.5, 0.6) is 11.6 Å². The topological polar surface area (TPSA) is 117 Å². The van der Waals surface area contributed by atoms with Crippen LogP contribution in [-0.4, -0.2) is 32.8 Å². The van der Waals surface area contributed by atoms with E-state index < -0.39 is 30.1 Å². The van der Waals surface area contributed by atoms with Crippen molar-refractivity contribution in [3.8, 4) is 22.8 Å². The molecule has 3 aromatic carbocycles.